The van der Waals surface area contributed by atoms with E-state index in [1.807, 2.05) is 18.6 Å². The lowest BCUT2D eigenvalue weighted by molar-refractivity contribution is 0.0263. The zero-order chi connectivity index (χ0) is 15.4. The van der Waals surface area contributed by atoms with Crippen LogP contribution in [0.4, 0.5) is 0 Å². The van der Waals surface area contributed by atoms with Crippen LogP contribution in [-0.4, -0.2) is 53.1 Å². The maximum Gasteiger partial charge on any atom is 0.193 e. The van der Waals surface area contributed by atoms with Crippen molar-refractivity contribution >= 4 is 46.2 Å². The molecule has 0 unspecified atom stereocenters. The molecule has 3 rings (SSSR count). The van der Waals surface area contributed by atoms with Crippen molar-refractivity contribution in [2.24, 2.45) is 4.99 Å². The zero-order valence-corrected chi connectivity index (χ0v) is 16.7. The number of likely N-dealkylation sites (tertiary alicyclic amines) is 1. The second-order valence-electron chi connectivity index (χ2n) is 5.37. The number of guanidine groups is 1. The second-order valence-corrected chi connectivity index (χ2v) is 6.24. The van der Waals surface area contributed by atoms with Crippen molar-refractivity contribution < 1.29 is 4.74 Å². The molecule has 8 heteroatoms. The quantitative estimate of drug-likeness (QED) is 0.443. The van der Waals surface area contributed by atoms with Gasteiger partial charge in [0.15, 0.2) is 10.9 Å². The van der Waals surface area contributed by atoms with Gasteiger partial charge in [-0.15, -0.1) is 35.3 Å². The van der Waals surface area contributed by atoms with Gasteiger partial charge in [-0.1, -0.05) is 0 Å². The molecule has 0 amide bonds. The van der Waals surface area contributed by atoms with Crippen molar-refractivity contribution in [1.29, 1.82) is 0 Å². The number of thiazole rings is 1. The Morgan fingerprint density at radius 3 is 2.91 bits per heavy atom. The molecule has 1 fully saturated rings. The summed E-state index contributed by atoms with van der Waals surface area (Å²) in [6, 6.07) is 0. The maximum atomic E-state index is 5.70. The lowest BCUT2D eigenvalue weighted by Gasteiger charge is -2.33. The molecule has 2 aromatic rings. The lowest BCUT2D eigenvalue weighted by atomic mass is 10.1. The minimum absolute atomic E-state index is 0. The van der Waals surface area contributed by atoms with Gasteiger partial charge in [0.1, 0.15) is 0 Å². The number of ether oxygens (including phenoxy) is 1. The van der Waals surface area contributed by atoms with Crippen LogP contribution in [0.15, 0.2) is 22.8 Å². The van der Waals surface area contributed by atoms with Crippen LogP contribution in [-0.2, 0) is 11.3 Å². The van der Waals surface area contributed by atoms with Crippen LogP contribution in [0.5, 0.6) is 0 Å². The molecule has 1 aliphatic heterocycles. The summed E-state index contributed by atoms with van der Waals surface area (Å²) >= 11 is 1.65. The SMILES string of the molecule is CCOC1CCN(C(=NC)NCc2cn3ccsc3n2)CC1.I. The predicted octanol–water partition coefficient (Wildman–Crippen LogP) is 2.59. The van der Waals surface area contributed by atoms with Crippen LogP contribution in [0.1, 0.15) is 25.5 Å². The molecule has 0 spiro atoms. The number of aromatic nitrogens is 2. The number of imidazole rings is 1. The van der Waals surface area contributed by atoms with E-state index in [-0.39, 0.29) is 24.0 Å². The maximum absolute atomic E-state index is 5.70. The van der Waals surface area contributed by atoms with E-state index in [2.05, 4.69) is 37.7 Å². The van der Waals surface area contributed by atoms with Crippen molar-refractivity contribution in [1.82, 2.24) is 19.6 Å². The zero-order valence-electron chi connectivity index (χ0n) is 13.6. The van der Waals surface area contributed by atoms with Gasteiger partial charge in [0, 0.05) is 44.5 Å². The van der Waals surface area contributed by atoms with Gasteiger partial charge < -0.3 is 15.0 Å². The fourth-order valence-electron chi connectivity index (χ4n) is 2.83. The average Bonchev–Trinajstić information content (AvgIpc) is 3.11. The van der Waals surface area contributed by atoms with Crippen LogP contribution in [0.3, 0.4) is 0 Å². The minimum atomic E-state index is 0. The Labute approximate surface area is 158 Å². The van der Waals surface area contributed by atoms with Crippen molar-refractivity contribution in [2.75, 3.05) is 26.7 Å². The Hall–Kier alpha value is -0.870. The number of halogens is 1. The molecule has 128 valence electrons. The molecule has 23 heavy (non-hydrogen) atoms. The first-order chi connectivity index (χ1) is 10.8. The van der Waals surface area contributed by atoms with E-state index in [4.69, 9.17) is 4.74 Å². The number of hydrogen-bond acceptors (Lipinski definition) is 4. The summed E-state index contributed by atoms with van der Waals surface area (Å²) in [5.41, 5.74) is 1.04. The first kappa shape index (κ1) is 18.5. The van der Waals surface area contributed by atoms with Crippen molar-refractivity contribution in [3.05, 3.63) is 23.5 Å². The molecular formula is C15H24IN5OS. The Bertz CT molecular complexity index is 604. The third-order valence-electron chi connectivity index (χ3n) is 3.93. The van der Waals surface area contributed by atoms with Crippen LogP contribution in [0.25, 0.3) is 4.96 Å². The van der Waals surface area contributed by atoms with Gasteiger partial charge >= 0.3 is 0 Å². The molecule has 1 saturated heterocycles. The van der Waals surface area contributed by atoms with Crippen molar-refractivity contribution in [3.63, 3.8) is 0 Å². The largest absolute Gasteiger partial charge is 0.378 e. The van der Waals surface area contributed by atoms with Gasteiger partial charge in [0.05, 0.1) is 18.3 Å². The topological polar surface area (TPSA) is 54.2 Å². The standard InChI is InChI=1S/C15H23N5OS.HI/c1-3-21-13-4-6-19(7-5-13)14(16-2)17-10-12-11-20-8-9-22-15(20)18-12;/h8-9,11,13H,3-7,10H2,1-2H3,(H,16,17);1H. The number of piperidine rings is 1. The van der Waals surface area contributed by atoms with Crippen LogP contribution < -0.4 is 5.32 Å². The smallest absolute Gasteiger partial charge is 0.193 e. The Balaban J connectivity index is 0.00000192. The van der Waals surface area contributed by atoms with Gasteiger partial charge in [-0.2, -0.15) is 0 Å². The van der Waals surface area contributed by atoms with E-state index in [9.17, 15) is 0 Å². The van der Waals surface area contributed by atoms with Gasteiger partial charge in [0.2, 0.25) is 0 Å². The molecule has 2 aromatic heterocycles. The summed E-state index contributed by atoms with van der Waals surface area (Å²) in [7, 11) is 1.84. The highest BCUT2D eigenvalue weighted by atomic mass is 127. The van der Waals surface area contributed by atoms with Gasteiger partial charge in [-0.3, -0.25) is 9.39 Å². The summed E-state index contributed by atoms with van der Waals surface area (Å²) in [5, 5.41) is 5.46. The molecule has 6 nitrogen and oxygen atoms in total. The Kier molecular flexibility index (Phi) is 7.09. The molecule has 0 saturated carbocycles. The van der Waals surface area contributed by atoms with Crippen LogP contribution >= 0.6 is 35.3 Å². The number of nitrogens with zero attached hydrogens (tertiary/aromatic N) is 4. The summed E-state index contributed by atoms with van der Waals surface area (Å²) in [6.07, 6.45) is 6.63. The summed E-state index contributed by atoms with van der Waals surface area (Å²) < 4.78 is 7.75. The van der Waals surface area contributed by atoms with Gasteiger partial charge in [0.25, 0.3) is 0 Å². The molecule has 0 radical (unpaired) electrons. The Morgan fingerprint density at radius 2 is 2.26 bits per heavy atom. The minimum Gasteiger partial charge on any atom is -0.378 e. The predicted molar refractivity (Wildman–Crippen MR) is 105 cm³/mol. The number of hydrogen-bond donors (Lipinski definition) is 1. The molecule has 3 heterocycles. The van der Waals surface area contributed by atoms with E-state index in [0.717, 1.165) is 49.2 Å². The fourth-order valence-corrected chi connectivity index (χ4v) is 3.55. The molecule has 0 atom stereocenters. The highest BCUT2D eigenvalue weighted by molar-refractivity contribution is 14.0. The average molecular weight is 449 g/mol. The second kappa shape index (κ2) is 8.84. The van der Waals surface area contributed by atoms with Crippen molar-refractivity contribution in [2.45, 2.75) is 32.4 Å². The first-order valence-corrected chi connectivity index (χ1v) is 8.66. The highest BCUT2D eigenvalue weighted by Gasteiger charge is 2.21. The van der Waals surface area contributed by atoms with E-state index >= 15 is 0 Å². The summed E-state index contributed by atoms with van der Waals surface area (Å²) in [6.45, 7) is 5.54. The van der Waals surface area contributed by atoms with E-state index in [1.165, 1.54) is 0 Å². The van der Waals surface area contributed by atoms with E-state index in [1.54, 1.807) is 11.3 Å². The Morgan fingerprint density at radius 1 is 1.48 bits per heavy atom. The monoisotopic (exact) mass is 449 g/mol. The number of rotatable bonds is 4. The van der Waals surface area contributed by atoms with Crippen LogP contribution in [0, 0.1) is 0 Å². The fraction of sp³-hybridized carbons (Fsp3) is 0.600. The molecule has 1 aliphatic rings. The van der Waals surface area contributed by atoms with E-state index < -0.39 is 0 Å². The third-order valence-corrected chi connectivity index (χ3v) is 4.70. The third kappa shape index (κ3) is 4.57. The molecule has 0 aromatic carbocycles. The summed E-state index contributed by atoms with van der Waals surface area (Å²) in [4.78, 5) is 12.3. The summed E-state index contributed by atoms with van der Waals surface area (Å²) in [5.74, 6) is 0.950. The number of nitrogens with one attached hydrogen (secondary N) is 1. The lowest BCUT2D eigenvalue weighted by Crippen LogP contribution is -2.46. The van der Waals surface area contributed by atoms with Gasteiger partial charge in [-0.05, 0) is 19.8 Å². The van der Waals surface area contributed by atoms with Gasteiger partial charge in [-0.25, -0.2) is 4.98 Å². The highest BCUT2D eigenvalue weighted by Crippen LogP contribution is 2.14. The normalized spacial score (nSPS) is 16.6. The first-order valence-electron chi connectivity index (χ1n) is 7.78. The molecule has 0 bridgehead atoms. The van der Waals surface area contributed by atoms with Crippen molar-refractivity contribution in [3.8, 4) is 0 Å². The molecule has 0 aliphatic carbocycles. The number of aliphatic imine (C=N–C) groups is 1. The molecule has 1 N–H and O–H groups in total. The number of fused-ring (bicyclic) bond motifs is 1. The molecular weight excluding hydrogens is 425 g/mol. The van der Waals surface area contributed by atoms with E-state index in [0.29, 0.717) is 12.6 Å². The van der Waals surface area contributed by atoms with Crippen LogP contribution in [0.2, 0.25) is 0 Å².